The highest BCUT2D eigenvalue weighted by Gasteiger charge is 2.32. The molecule has 11 nitrogen and oxygen atoms in total. The van der Waals surface area contributed by atoms with Gasteiger partial charge in [-0.2, -0.15) is 5.12 Å². The Hall–Kier alpha value is -4.41. The monoisotopic (exact) mass is 511 g/mol. The lowest BCUT2D eigenvalue weighted by molar-refractivity contribution is -0.148. The van der Waals surface area contributed by atoms with Crippen LogP contribution in [0.25, 0.3) is 0 Å². The number of nitrogens with one attached hydrogen (secondary N) is 2. The molecule has 0 fully saturated rings. The molecular formula is C26H33N5O6. The van der Waals surface area contributed by atoms with E-state index >= 15 is 0 Å². The molecular weight excluding hydrogens is 478 g/mol. The number of anilines is 1. The molecule has 5 amide bonds. The van der Waals surface area contributed by atoms with Gasteiger partial charge in [-0.15, -0.1) is 0 Å². The van der Waals surface area contributed by atoms with Gasteiger partial charge in [0.1, 0.15) is 5.60 Å². The lowest BCUT2D eigenvalue weighted by Crippen LogP contribution is -2.60. The number of alkyl carbamates (subject to hydrolysis) is 1. The van der Waals surface area contributed by atoms with Crippen molar-refractivity contribution in [1.29, 1.82) is 0 Å². The van der Waals surface area contributed by atoms with E-state index in [2.05, 4.69) is 5.43 Å². The van der Waals surface area contributed by atoms with Gasteiger partial charge in [-0.25, -0.2) is 15.2 Å². The number of hydrogen-bond acceptors (Lipinski definition) is 7. The molecule has 0 spiro atoms. The van der Waals surface area contributed by atoms with Crippen LogP contribution in [0.3, 0.4) is 0 Å². The normalized spacial score (nSPS) is 11.6. The van der Waals surface area contributed by atoms with Crippen LogP contribution < -0.4 is 21.6 Å². The van der Waals surface area contributed by atoms with Crippen LogP contribution in [-0.4, -0.2) is 40.3 Å². The second-order valence-corrected chi connectivity index (χ2v) is 9.32. The Morgan fingerprint density at radius 3 is 2.05 bits per heavy atom. The molecule has 0 saturated heterocycles. The van der Waals surface area contributed by atoms with Crippen LogP contribution >= 0.6 is 0 Å². The minimum Gasteiger partial charge on any atom is -0.444 e. The maximum atomic E-state index is 13.3. The molecule has 1 unspecified atom stereocenters. The Morgan fingerprint density at radius 1 is 0.946 bits per heavy atom. The molecule has 0 aliphatic heterocycles. The van der Waals surface area contributed by atoms with E-state index in [9.17, 15) is 24.0 Å². The fraction of sp³-hybridized carbons (Fsp3) is 0.346. The van der Waals surface area contributed by atoms with Gasteiger partial charge in [0.25, 0.3) is 0 Å². The van der Waals surface area contributed by atoms with Crippen LogP contribution in [0, 0.1) is 0 Å². The number of benzene rings is 2. The van der Waals surface area contributed by atoms with E-state index in [1.165, 1.54) is 0 Å². The first-order chi connectivity index (χ1) is 17.3. The number of rotatable bonds is 7. The van der Waals surface area contributed by atoms with E-state index in [0.717, 1.165) is 22.1 Å². The zero-order chi connectivity index (χ0) is 27.8. The molecule has 2 rings (SSSR count). The molecule has 0 aliphatic rings. The number of hydrogen-bond donors (Lipinski definition) is 3. The largest absolute Gasteiger partial charge is 0.444 e. The molecule has 2 aromatic carbocycles. The number of nitrogens with two attached hydrogens (primary N) is 1. The van der Waals surface area contributed by atoms with E-state index in [1.54, 1.807) is 75.4 Å². The maximum Gasteiger partial charge on any atom is 0.414 e. The highest BCUT2D eigenvalue weighted by molar-refractivity contribution is 6.38. The average Bonchev–Trinajstić information content (AvgIpc) is 2.84. The van der Waals surface area contributed by atoms with Gasteiger partial charge < -0.3 is 10.5 Å². The quantitative estimate of drug-likeness (QED) is 0.382. The van der Waals surface area contributed by atoms with Gasteiger partial charge in [0.05, 0.1) is 12.2 Å². The number of nitrogens with zero attached hydrogens (tertiary/aromatic N) is 2. The highest BCUT2D eigenvalue weighted by atomic mass is 16.6. The van der Waals surface area contributed by atoms with E-state index in [4.69, 9.17) is 10.5 Å². The number of primary amides is 1. The van der Waals surface area contributed by atoms with Crippen LogP contribution in [0.15, 0.2) is 54.6 Å². The summed E-state index contributed by atoms with van der Waals surface area (Å²) in [5, 5.41) is 3.73. The van der Waals surface area contributed by atoms with Crippen molar-refractivity contribution in [2.75, 3.05) is 5.12 Å². The predicted molar refractivity (Wildman–Crippen MR) is 136 cm³/mol. The van der Waals surface area contributed by atoms with Crippen molar-refractivity contribution in [3.8, 4) is 0 Å². The lowest BCUT2D eigenvalue weighted by Gasteiger charge is -2.35. The zero-order valence-corrected chi connectivity index (χ0v) is 21.6. The summed E-state index contributed by atoms with van der Waals surface area (Å²) in [7, 11) is 0. The molecule has 2 aromatic rings. The van der Waals surface area contributed by atoms with Crippen molar-refractivity contribution in [3.63, 3.8) is 0 Å². The van der Waals surface area contributed by atoms with Crippen molar-refractivity contribution in [2.24, 2.45) is 5.73 Å². The SMILES string of the molecule is CCC(C)c1ccc(N(NC(=O)C(N)=O)N(Cc2ccccc2)C(=O)C(=O)NC(=O)OC(C)(C)C)cc1. The molecule has 0 saturated carbocycles. The fourth-order valence-corrected chi connectivity index (χ4v) is 3.15. The highest BCUT2D eigenvalue weighted by Crippen LogP contribution is 2.23. The smallest absolute Gasteiger partial charge is 0.414 e. The van der Waals surface area contributed by atoms with Crippen LogP contribution in [0.2, 0.25) is 0 Å². The van der Waals surface area contributed by atoms with Crippen molar-refractivity contribution in [2.45, 2.75) is 59.1 Å². The predicted octanol–water partition coefficient (Wildman–Crippen LogP) is 2.52. The number of amides is 5. The zero-order valence-electron chi connectivity index (χ0n) is 21.6. The topological polar surface area (TPSA) is 151 Å². The summed E-state index contributed by atoms with van der Waals surface area (Å²) in [6, 6.07) is 15.5. The summed E-state index contributed by atoms with van der Waals surface area (Å²) in [4.78, 5) is 62.1. The van der Waals surface area contributed by atoms with Crippen molar-refractivity contribution in [3.05, 3.63) is 65.7 Å². The summed E-state index contributed by atoms with van der Waals surface area (Å²) in [6.07, 6.45) is -0.221. The molecule has 11 heteroatoms. The second-order valence-electron chi connectivity index (χ2n) is 9.32. The number of carbonyl (C=O) groups excluding carboxylic acids is 5. The van der Waals surface area contributed by atoms with E-state index < -0.39 is 35.3 Å². The van der Waals surface area contributed by atoms with Crippen molar-refractivity contribution < 1.29 is 28.7 Å². The van der Waals surface area contributed by atoms with Crippen molar-refractivity contribution in [1.82, 2.24) is 15.8 Å². The number of hydrazine groups is 2. The minimum atomic E-state index is -1.31. The van der Waals surface area contributed by atoms with Gasteiger partial charge in [-0.1, -0.05) is 56.3 Å². The first kappa shape index (κ1) is 28.8. The molecule has 0 aromatic heterocycles. The van der Waals surface area contributed by atoms with Gasteiger partial charge in [-0.3, -0.25) is 24.5 Å². The Balaban J connectivity index is 2.49. The molecule has 1 atom stereocenters. The van der Waals surface area contributed by atoms with Crippen LogP contribution in [0.4, 0.5) is 10.5 Å². The standard InChI is InChI=1S/C26H33N5O6/c1-6-17(2)19-12-14-20(15-13-19)31(29-22(33)21(27)32)30(16-18-10-8-7-9-11-18)24(35)23(34)28-25(36)37-26(3,4)5/h7-15,17H,6,16H2,1-5H3,(H2,27,32)(H,29,33)(H,28,34,36). The third-order valence-corrected chi connectivity index (χ3v) is 5.21. The van der Waals surface area contributed by atoms with Gasteiger partial charge in [0.2, 0.25) is 0 Å². The van der Waals surface area contributed by atoms with Crippen molar-refractivity contribution >= 4 is 35.4 Å². The number of ether oxygens (including phenoxy) is 1. The fourth-order valence-electron chi connectivity index (χ4n) is 3.15. The second kappa shape index (κ2) is 12.5. The summed E-state index contributed by atoms with van der Waals surface area (Å²) < 4.78 is 5.06. The van der Waals surface area contributed by atoms with Gasteiger partial charge in [-0.05, 0) is 56.4 Å². The third kappa shape index (κ3) is 8.64. The van der Waals surface area contributed by atoms with Gasteiger partial charge >= 0.3 is 29.7 Å². The summed E-state index contributed by atoms with van der Waals surface area (Å²) in [5.41, 5.74) is 8.36. The molecule has 198 valence electrons. The van der Waals surface area contributed by atoms with Crippen LogP contribution in [0.1, 0.15) is 58.1 Å². The minimum absolute atomic E-state index is 0.201. The van der Waals surface area contributed by atoms with Gasteiger partial charge in [0, 0.05) is 0 Å². The lowest BCUT2D eigenvalue weighted by atomic mass is 9.99. The first-order valence-electron chi connectivity index (χ1n) is 11.7. The van der Waals surface area contributed by atoms with E-state index in [1.807, 2.05) is 19.2 Å². The molecule has 0 aliphatic carbocycles. The molecule has 0 radical (unpaired) electrons. The van der Waals surface area contributed by atoms with E-state index in [-0.39, 0.29) is 18.2 Å². The first-order valence-corrected chi connectivity index (χ1v) is 11.7. The maximum absolute atomic E-state index is 13.3. The summed E-state index contributed by atoms with van der Waals surface area (Å²) in [6.45, 7) is 8.70. The molecule has 0 bridgehead atoms. The Morgan fingerprint density at radius 2 is 1.54 bits per heavy atom. The van der Waals surface area contributed by atoms with E-state index in [0.29, 0.717) is 5.56 Å². The number of carbonyl (C=O) groups is 5. The number of imide groups is 1. The summed E-state index contributed by atoms with van der Waals surface area (Å²) >= 11 is 0. The Bertz CT molecular complexity index is 1130. The summed E-state index contributed by atoms with van der Waals surface area (Å²) in [5.74, 6) is -4.77. The Kier molecular flexibility index (Phi) is 9.75. The Labute approximate surface area is 215 Å². The third-order valence-electron chi connectivity index (χ3n) is 5.21. The average molecular weight is 512 g/mol. The molecule has 4 N–H and O–H groups in total. The van der Waals surface area contributed by atoms with Crippen LogP contribution in [0.5, 0.6) is 0 Å². The van der Waals surface area contributed by atoms with Gasteiger partial charge in [0.15, 0.2) is 0 Å². The van der Waals surface area contributed by atoms with Crippen LogP contribution in [-0.2, 0) is 30.5 Å². The molecule has 0 heterocycles. The molecule has 37 heavy (non-hydrogen) atoms.